The topological polar surface area (TPSA) is 6.48 Å². The van der Waals surface area contributed by atoms with Gasteiger partial charge in [-0.15, -0.1) is 0 Å². The van der Waals surface area contributed by atoms with E-state index in [2.05, 4.69) is 161 Å². The third-order valence-corrected chi connectivity index (χ3v) is 8.61. The van der Waals surface area contributed by atoms with Gasteiger partial charge in [-0.2, -0.15) is 0 Å². The van der Waals surface area contributed by atoms with Crippen LogP contribution in [0.3, 0.4) is 0 Å². The molecule has 0 radical (unpaired) electrons. The van der Waals surface area contributed by atoms with Crippen LogP contribution in [0.2, 0.25) is 0 Å². The molecule has 0 aliphatic carbocycles. The summed E-state index contributed by atoms with van der Waals surface area (Å²) in [6, 6.07) is 40.8. The third-order valence-electron chi connectivity index (χ3n) is 8.61. The number of nitrogens with zero attached hydrogens (tertiary/aromatic N) is 2. The summed E-state index contributed by atoms with van der Waals surface area (Å²) >= 11 is 0. The Morgan fingerprint density at radius 1 is 0.409 bits per heavy atom. The van der Waals surface area contributed by atoms with E-state index in [1.165, 1.54) is 93.2 Å². The molecule has 5 aromatic rings. The number of unbranched alkanes of at least 4 members (excludes halogenated alkanes) is 2. The Morgan fingerprint density at radius 2 is 0.705 bits per heavy atom. The number of anilines is 6. The molecule has 2 heteroatoms. The minimum atomic E-state index is 1.13. The van der Waals surface area contributed by atoms with Crippen molar-refractivity contribution in [2.75, 3.05) is 9.80 Å². The van der Waals surface area contributed by atoms with E-state index >= 15 is 0 Å². The predicted octanol–water partition coefficient (Wildman–Crippen LogP) is 12.5. The molecule has 44 heavy (non-hydrogen) atoms. The van der Waals surface area contributed by atoms with Gasteiger partial charge in [0.25, 0.3) is 0 Å². The molecular formula is C42H48N2. The van der Waals surface area contributed by atoms with Crippen LogP contribution >= 0.6 is 0 Å². The summed E-state index contributed by atoms with van der Waals surface area (Å²) in [5.74, 6) is 0. The van der Waals surface area contributed by atoms with Crippen molar-refractivity contribution in [2.45, 2.75) is 80.1 Å². The molecule has 0 fully saturated rings. The quantitative estimate of drug-likeness (QED) is 0.145. The van der Waals surface area contributed by atoms with Gasteiger partial charge in [0.1, 0.15) is 0 Å². The van der Waals surface area contributed by atoms with E-state index < -0.39 is 0 Å². The van der Waals surface area contributed by atoms with Crippen molar-refractivity contribution in [1.82, 2.24) is 0 Å². The van der Waals surface area contributed by atoms with Crippen LogP contribution < -0.4 is 9.80 Å². The number of hydrogen-bond donors (Lipinski definition) is 0. The summed E-state index contributed by atoms with van der Waals surface area (Å²) in [6.45, 7) is 13.3. The molecule has 0 unspecified atom stereocenters. The van der Waals surface area contributed by atoms with E-state index in [4.69, 9.17) is 0 Å². The van der Waals surface area contributed by atoms with Crippen LogP contribution in [0.1, 0.15) is 72.9 Å². The van der Waals surface area contributed by atoms with Crippen molar-refractivity contribution in [1.29, 1.82) is 0 Å². The molecule has 0 heterocycles. The number of aryl methyl sites for hydroxylation is 6. The SMILES string of the molecule is CCCCc1ccc(N(c2ccc(C)cc2)c2cc(C)c(N(c3ccc(C)cc3)c3ccc(CCCC)cc3)cc2C)cc1. The maximum atomic E-state index is 2.41. The Morgan fingerprint density at radius 3 is 1.00 bits per heavy atom. The first-order chi connectivity index (χ1) is 21.4. The predicted molar refractivity (Wildman–Crippen MR) is 192 cm³/mol. The van der Waals surface area contributed by atoms with Crippen molar-refractivity contribution in [3.63, 3.8) is 0 Å². The standard InChI is InChI=1S/C42H48N2/c1-7-9-11-35-17-25-39(26-18-35)43(37-21-13-31(3)14-22-37)41-29-34(6)42(30-33(41)5)44(38-23-15-32(4)16-24-38)40-27-19-36(20-28-40)12-10-8-2/h13-30H,7-12H2,1-6H3. The van der Waals surface area contributed by atoms with Crippen LogP contribution in [0.15, 0.2) is 109 Å². The van der Waals surface area contributed by atoms with Crippen LogP contribution in [0.25, 0.3) is 0 Å². The summed E-state index contributed by atoms with van der Waals surface area (Å²) in [7, 11) is 0. The van der Waals surface area contributed by atoms with Gasteiger partial charge in [0.15, 0.2) is 0 Å². The highest BCUT2D eigenvalue weighted by Gasteiger charge is 2.20. The number of hydrogen-bond acceptors (Lipinski definition) is 2. The maximum Gasteiger partial charge on any atom is 0.0494 e. The van der Waals surface area contributed by atoms with E-state index in [0.717, 1.165) is 12.8 Å². The largest absolute Gasteiger partial charge is 0.310 e. The molecule has 5 rings (SSSR count). The van der Waals surface area contributed by atoms with E-state index in [-0.39, 0.29) is 0 Å². The van der Waals surface area contributed by atoms with Crippen molar-refractivity contribution >= 4 is 34.1 Å². The van der Waals surface area contributed by atoms with E-state index in [0.29, 0.717) is 0 Å². The van der Waals surface area contributed by atoms with Gasteiger partial charge in [0.05, 0.1) is 0 Å². The fourth-order valence-electron chi connectivity index (χ4n) is 5.89. The average molecular weight is 581 g/mol. The second kappa shape index (κ2) is 14.4. The molecule has 0 saturated carbocycles. The molecule has 0 atom stereocenters. The fraction of sp³-hybridized carbons (Fsp3) is 0.286. The van der Waals surface area contributed by atoms with Gasteiger partial charge in [0, 0.05) is 34.1 Å². The van der Waals surface area contributed by atoms with Crippen molar-refractivity contribution in [3.8, 4) is 0 Å². The van der Waals surface area contributed by atoms with Gasteiger partial charge in [-0.05, 0) is 136 Å². The molecule has 0 bridgehead atoms. The van der Waals surface area contributed by atoms with Gasteiger partial charge >= 0.3 is 0 Å². The molecule has 0 aliphatic heterocycles. The second-order valence-corrected chi connectivity index (χ2v) is 12.3. The van der Waals surface area contributed by atoms with Gasteiger partial charge < -0.3 is 9.80 Å². The number of benzene rings is 5. The molecule has 2 nitrogen and oxygen atoms in total. The lowest BCUT2D eigenvalue weighted by Gasteiger charge is -2.31. The molecule has 0 saturated heterocycles. The van der Waals surface area contributed by atoms with E-state index in [1.54, 1.807) is 0 Å². The highest BCUT2D eigenvalue weighted by Crippen LogP contribution is 2.43. The lowest BCUT2D eigenvalue weighted by molar-refractivity contribution is 0.795. The third kappa shape index (κ3) is 7.25. The molecule has 0 spiro atoms. The summed E-state index contributed by atoms with van der Waals surface area (Å²) < 4.78 is 0. The van der Waals surface area contributed by atoms with E-state index in [9.17, 15) is 0 Å². The smallest absolute Gasteiger partial charge is 0.0494 e. The van der Waals surface area contributed by atoms with Crippen LogP contribution in [-0.2, 0) is 12.8 Å². The summed E-state index contributed by atoms with van der Waals surface area (Å²) in [6.07, 6.45) is 7.12. The maximum absolute atomic E-state index is 2.41. The fourth-order valence-corrected chi connectivity index (χ4v) is 5.89. The minimum Gasteiger partial charge on any atom is -0.310 e. The van der Waals surface area contributed by atoms with Gasteiger partial charge in [0.2, 0.25) is 0 Å². The number of rotatable bonds is 12. The molecule has 5 aromatic carbocycles. The lowest BCUT2D eigenvalue weighted by Crippen LogP contribution is -2.15. The van der Waals surface area contributed by atoms with Crippen LogP contribution in [0.5, 0.6) is 0 Å². The average Bonchev–Trinajstić information content (AvgIpc) is 3.04. The zero-order chi connectivity index (χ0) is 31.1. The lowest BCUT2D eigenvalue weighted by atomic mass is 10.0. The molecule has 0 aromatic heterocycles. The van der Waals surface area contributed by atoms with Crippen LogP contribution in [-0.4, -0.2) is 0 Å². The Hall–Kier alpha value is -4.30. The Balaban J connectivity index is 1.60. The van der Waals surface area contributed by atoms with Crippen molar-refractivity contribution < 1.29 is 0 Å². The highest BCUT2D eigenvalue weighted by molar-refractivity contribution is 5.84. The van der Waals surface area contributed by atoms with Crippen molar-refractivity contribution in [3.05, 3.63) is 143 Å². The minimum absolute atomic E-state index is 1.13. The molecule has 0 N–H and O–H groups in total. The van der Waals surface area contributed by atoms with Crippen molar-refractivity contribution in [2.24, 2.45) is 0 Å². The van der Waals surface area contributed by atoms with Gasteiger partial charge in [-0.3, -0.25) is 0 Å². The Labute approximate surface area is 266 Å². The second-order valence-electron chi connectivity index (χ2n) is 12.3. The molecule has 226 valence electrons. The zero-order valence-corrected chi connectivity index (χ0v) is 27.5. The summed E-state index contributed by atoms with van der Waals surface area (Å²) in [5.41, 5.74) is 14.9. The van der Waals surface area contributed by atoms with Crippen LogP contribution in [0, 0.1) is 27.7 Å². The molecule has 0 amide bonds. The van der Waals surface area contributed by atoms with Gasteiger partial charge in [-0.1, -0.05) is 86.3 Å². The first-order valence-electron chi connectivity index (χ1n) is 16.4. The summed E-state index contributed by atoms with van der Waals surface area (Å²) in [5, 5.41) is 0. The first-order valence-corrected chi connectivity index (χ1v) is 16.4. The zero-order valence-electron chi connectivity index (χ0n) is 27.5. The highest BCUT2D eigenvalue weighted by atomic mass is 15.2. The monoisotopic (exact) mass is 580 g/mol. The first kappa shape index (κ1) is 31.1. The Kier molecular flexibility index (Phi) is 10.2. The Bertz CT molecular complexity index is 1500. The van der Waals surface area contributed by atoms with Crippen LogP contribution in [0.4, 0.5) is 34.1 Å². The molecule has 0 aliphatic rings. The van der Waals surface area contributed by atoms with Gasteiger partial charge in [-0.25, -0.2) is 0 Å². The summed E-state index contributed by atoms with van der Waals surface area (Å²) in [4.78, 5) is 4.82. The molecular weight excluding hydrogens is 532 g/mol. The van der Waals surface area contributed by atoms with E-state index in [1.807, 2.05) is 0 Å². The normalized spacial score (nSPS) is 11.0.